The van der Waals surface area contributed by atoms with Gasteiger partial charge in [0, 0.05) is 5.56 Å². The molecule has 9 heteroatoms. The number of amidine groups is 1. The number of aliphatic imine (C=N–C) groups is 1. The summed E-state index contributed by atoms with van der Waals surface area (Å²) in [6.07, 6.45) is 1.59. The summed E-state index contributed by atoms with van der Waals surface area (Å²) >= 11 is 13.7. The van der Waals surface area contributed by atoms with E-state index in [-0.39, 0.29) is 39.3 Å². The Hall–Kier alpha value is -3.13. The van der Waals surface area contributed by atoms with E-state index in [9.17, 15) is 14.0 Å². The van der Waals surface area contributed by atoms with Gasteiger partial charge in [-0.05, 0) is 65.4 Å². The first-order valence-electron chi connectivity index (χ1n) is 9.64. The van der Waals surface area contributed by atoms with E-state index >= 15 is 0 Å². The number of rotatable bonds is 5. The number of thioether (sulfide) groups is 1. The van der Waals surface area contributed by atoms with Crippen LogP contribution in [0.3, 0.4) is 0 Å². The number of ether oxygens (including phenoxy) is 1. The fraction of sp³-hybridized carbons (Fsp3) is 0.0417. The van der Waals surface area contributed by atoms with Gasteiger partial charge in [-0.1, -0.05) is 53.5 Å². The Bertz CT molecular complexity index is 1260. The zero-order chi connectivity index (χ0) is 23.4. The molecule has 5 nitrogen and oxygen atoms in total. The summed E-state index contributed by atoms with van der Waals surface area (Å²) in [7, 11) is 0. The van der Waals surface area contributed by atoms with E-state index in [4.69, 9.17) is 27.9 Å². The molecule has 33 heavy (non-hydrogen) atoms. The number of halogens is 3. The molecular weight excluding hydrogens is 486 g/mol. The lowest BCUT2D eigenvalue weighted by Crippen LogP contribution is -2.20. The molecular formula is C24H15Cl2FN2O3S. The van der Waals surface area contributed by atoms with Gasteiger partial charge in [-0.2, -0.15) is 4.99 Å². The highest BCUT2D eigenvalue weighted by atomic mass is 35.5. The standard InChI is InChI=1S/C24H15Cl2FN2O3S/c25-18-10-15(11-19(26)21(18)32-13-14-6-8-17(27)9-7-14)12-20-23(31)29-24(33-20)28-22(30)16-4-2-1-3-5-16/h1-12H,13H2,(H,28,29,30,31)/b20-12-. The van der Waals surface area contributed by atoms with E-state index in [1.54, 1.807) is 60.7 Å². The molecule has 0 saturated carbocycles. The Kier molecular flexibility index (Phi) is 7.13. The van der Waals surface area contributed by atoms with Crippen molar-refractivity contribution in [1.29, 1.82) is 0 Å². The second-order valence-electron chi connectivity index (χ2n) is 6.88. The van der Waals surface area contributed by atoms with Gasteiger partial charge in [0.05, 0.1) is 15.0 Å². The van der Waals surface area contributed by atoms with Gasteiger partial charge in [-0.15, -0.1) is 0 Å². The Balaban J connectivity index is 1.48. The molecule has 3 aromatic rings. The molecule has 1 aliphatic rings. The van der Waals surface area contributed by atoms with Gasteiger partial charge in [-0.3, -0.25) is 9.59 Å². The number of amides is 2. The molecule has 0 aliphatic carbocycles. The van der Waals surface area contributed by atoms with Crippen molar-refractivity contribution >= 4 is 58.0 Å². The zero-order valence-electron chi connectivity index (χ0n) is 16.8. The van der Waals surface area contributed by atoms with Crippen molar-refractivity contribution in [2.24, 2.45) is 4.99 Å². The Labute approximate surface area is 203 Å². The number of nitrogens with zero attached hydrogens (tertiary/aromatic N) is 1. The van der Waals surface area contributed by atoms with Gasteiger partial charge in [-0.25, -0.2) is 4.39 Å². The Morgan fingerprint density at radius 2 is 1.73 bits per heavy atom. The molecule has 2 amide bonds. The first-order chi connectivity index (χ1) is 15.9. The van der Waals surface area contributed by atoms with Crippen molar-refractivity contribution < 1.29 is 18.7 Å². The number of hydrogen-bond acceptors (Lipinski definition) is 4. The van der Waals surface area contributed by atoms with Gasteiger partial charge in [0.2, 0.25) is 0 Å². The van der Waals surface area contributed by atoms with E-state index in [1.165, 1.54) is 12.1 Å². The molecule has 0 bridgehead atoms. The van der Waals surface area contributed by atoms with Gasteiger partial charge in [0.1, 0.15) is 12.4 Å². The summed E-state index contributed by atoms with van der Waals surface area (Å²) in [5.74, 6) is -0.889. The molecule has 1 N–H and O–H groups in total. The van der Waals surface area contributed by atoms with E-state index in [0.29, 0.717) is 16.0 Å². The molecule has 0 unspecified atom stereocenters. The predicted molar refractivity (Wildman–Crippen MR) is 129 cm³/mol. The lowest BCUT2D eigenvalue weighted by molar-refractivity contribution is -0.115. The maximum absolute atomic E-state index is 13.0. The molecule has 4 rings (SSSR count). The lowest BCUT2D eigenvalue weighted by Gasteiger charge is -2.11. The van der Waals surface area contributed by atoms with Gasteiger partial charge in [0.25, 0.3) is 11.8 Å². The largest absolute Gasteiger partial charge is 0.486 e. The molecule has 1 heterocycles. The minimum atomic E-state index is -0.451. The van der Waals surface area contributed by atoms with Crippen molar-refractivity contribution in [3.05, 3.63) is 104 Å². The van der Waals surface area contributed by atoms with Gasteiger partial charge >= 0.3 is 0 Å². The van der Waals surface area contributed by atoms with Crippen LogP contribution in [0, 0.1) is 5.82 Å². The molecule has 0 aromatic heterocycles. The third-order valence-electron chi connectivity index (χ3n) is 4.49. The van der Waals surface area contributed by atoms with Crippen molar-refractivity contribution in [2.45, 2.75) is 6.61 Å². The number of hydrogen-bond donors (Lipinski definition) is 1. The first kappa shape index (κ1) is 23.0. The van der Waals surface area contributed by atoms with Crippen LogP contribution in [0.4, 0.5) is 4.39 Å². The fourth-order valence-electron chi connectivity index (χ4n) is 2.91. The summed E-state index contributed by atoms with van der Waals surface area (Å²) in [4.78, 5) is 28.9. The SMILES string of the molecule is O=C1NC(=NC(=O)c2ccccc2)S/C1=C\c1cc(Cl)c(OCc2ccc(F)cc2)c(Cl)c1. The number of carbonyl (C=O) groups is 2. The van der Waals surface area contributed by atoms with Crippen LogP contribution in [0.1, 0.15) is 21.5 Å². The number of benzene rings is 3. The van der Waals surface area contributed by atoms with Crippen LogP contribution in [-0.2, 0) is 11.4 Å². The van der Waals surface area contributed by atoms with Crippen molar-refractivity contribution in [3.63, 3.8) is 0 Å². The van der Waals surface area contributed by atoms with Crippen molar-refractivity contribution in [1.82, 2.24) is 5.32 Å². The predicted octanol–water partition coefficient (Wildman–Crippen LogP) is 6.11. The summed E-state index contributed by atoms with van der Waals surface area (Å²) in [5.41, 5.74) is 1.75. The summed E-state index contributed by atoms with van der Waals surface area (Å²) in [6.45, 7) is 0.160. The van der Waals surface area contributed by atoms with Crippen molar-refractivity contribution in [3.8, 4) is 5.75 Å². The molecule has 0 atom stereocenters. The van der Waals surface area contributed by atoms with Crippen LogP contribution < -0.4 is 10.1 Å². The minimum absolute atomic E-state index is 0.160. The monoisotopic (exact) mass is 500 g/mol. The van der Waals surface area contributed by atoms with Crippen LogP contribution in [0.25, 0.3) is 6.08 Å². The van der Waals surface area contributed by atoms with E-state index in [0.717, 1.165) is 17.3 Å². The quantitative estimate of drug-likeness (QED) is 0.429. The Morgan fingerprint density at radius 3 is 2.39 bits per heavy atom. The molecule has 1 fully saturated rings. The maximum Gasteiger partial charge on any atom is 0.279 e. The minimum Gasteiger partial charge on any atom is -0.486 e. The van der Waals surface area contributed by atoms with Gasteiger partial charge in [0.15, 0.2) is 10.9 Å². The van der Waals surface area contributed by atoms with Crippen LogP contribution >= 0.6 is 35.0 Å². The maximum atomic E-state index is 13.0. The summed E-state index contributed by atoms with van der Waals surface area (Å²) < 4.78 is 18.7. The first-order valence-corrected chi connectivity index (χ1v) is 11.2. The normalized spacial score (nSPS) is 15.7. The lowest BCUT2D eigenvalue weighted by atomic mass is 10.2. The summed E-state index contributed by atoms with van der Waals surface area (Å²) in [6, 6.07) is 17.7. The van der Waals surface area contributed by atoms with Gasteiger partial charge < -0.3 is 10.1 Å². The highest BCUT2D eigenvalue weighted by Gasteiger charge is 2.25. The third kappa shape index (κ3) is 5.82. The molecule has 0 radical (unpaired) electrons. The average Bonchev–Trinajstić information content (AvgIpc) is 3.13. The van der Waals surface area contributed by atoms with Crippen LogP contribution in [0.5, 0.6) is 5.75 Å². The molecule has 0 spiro atoms. The number of carbonyl (C=O) groups excluding carboxylic acids is 2. The van der Waals surface area contributed by atoms with E-state index in [1.807, 2.05) is 0 Å². The smallest absolute Gasteiger partial charge is 0.279 e. The molecule has 166 valence electrons. The Morgan fingerprint density at radius 1 is 1.06 bits per heavy atom. The second kappa shape index (κ2) is 10.2. The topological polar surface area (TPSA) is 67.8 Å². The number of nitrogens with one attached hydrogen (secondary N) is 1. The van der Waals surface area contributed by atoms with Crippen LogP contribution in [0.15, 0.2) is 76.6 Å². The third-order valence-corrected chi connectivity index (χ3v) is 5.96. The fourth-order valence-corrected chi connectivity index (χ4v) is 4.34. The summed E-state index contributed by atoms with van der Waals surface area (Å²) in [5, 5.41) is 3.28. The molecule has 1 saturated heterocycles. The highest BCUT2D eigenvalue weighted by molar-refractivity contribution is 8.18. The van der Waals surface area contributed by atoms with E-state index < -0.39 is 5.91 Å². The van der Waals surface area contributed by atoms with Crippen LogP contribution in [-0.4, -0.2) is 17.0 Å². The van der Waals surface area contributed by atoms with Crippen LogP contribution in [0.2, 0.25) is 10.0 Å². The average molecular weight is 501 g/mol. The van der Waals surface area contributed by atoms with E-state index in [2.05, 4.69) is 10.3 Å². The van der Waals surface area contributed by atoms with Crippen molar-refractivity contribution in [2.75, 3.05) is 0 Å². The second-order valence-corrected chi connectivity index (χ2v) is 8.73. The molecule has 3 aromatic carbocycles. The highest BCUT2D eigenvalue weighted by Crippen LogP contribution is 2.36. The molecule has 1 aliphatic heterocycles. The zero-order valence-corrected chi connectivity index (χ0v) is 19.2.